The number of carbonyl (C=O) groups is 1. The first-order valence-electron chi connectivity index (χ1n) is 10.3. The first kappa shape index (κ1) is 24.4. The third-order valence-electron chi connectivity index (χ3n) is 4.98. The number of anilines is 1. The molecule has 0 radical (unpaired) electrons. The van der Waals surface area contributed by atoms with Gasteiger partial charge in [0.15, 0.2) is 11.0 Å². The van der Waals surface area contributed by atoms with Gasteiger partial charge in [0.1, 0.15) is 0 Å². The first-order valence-corrected chi connectivity index (χ1v) is 12.4. The van der Waals surface area contributed by atoms with E-state index in [4.69, 9.17) is 34.8 Å². The number of nitrogens with zero attached hydrogens (tertiary/aromatic N) is 3. The summed E-state index contributed by atoms with van der Waals surface area (Å²) in [5, 5.41) is 16.5. The van der Waals surface area contributed by atoms with Crippen molar-refractivity contribution in [1.29, 1.82) is 0 Å². The maximum Gasteiger partial charge on any atom is 0.319 e. The maximum atomic E-state index is 12.4. The second-order valence-corrected chi connectivity index (χ2v) is 9.58. The van der Waals surface area contributed by atoms with E-state index < -0.39 is 0 Å². The number of amides is 2. The molecule has 1 aromatic heterocycles. The van der Waals surface area contributed by atoms with Gasteiger partial charge in [-0.05, 0) is 60.5 Å². The molecule has 2 amide bonds. The zero-order chi connectivity index (χ0) is 24.1. The third kappa shape index (κ3) is 6.04. The molecule has 0 aliphatic rings. The van der Waals surface area contributed by atoms with Crippen molar-refractivity contribution in [2.45, 2.75) is 24.4 Å². The molecule has 2 N–H and O–H groups in total. The van der Waals surface area contributed by atoms with E-state index in [9.17, 15) is 4.79 Å². The summed E-state index contributed by atoms with van der Waals surface area (Å²) in [6.07, 6.45) is 0. The van der Waals surface area contributed by atoms with E-state index in [1.54, 1.807) is 42.5 Å². The van der Waals surface area contributed by atoms with E-state index in [-0.39, 0.29) is 12.6 Å². The van der Waals surface area contributed by atoms with Crippen LogP contribution in [0, 0.1) is 6.92 Å². The lowest BCUT2D eigenvalue weighted by atomic mass is 10.1. The second kappa shape index (κ2) is 11.1. The van der Waals surface area contributed by atoms with Gasteiger partial charge in [-0.2, -0.15) is 0 Å². The Balaban J connectivity index is 1.56. The van der Waals surface area contributed by atoms with Crippen molar-refractivity contribution < 1.29 is 4.79 Å². The summed E-state index contributed by atoms with van der Waals surface area (Å²) in [6.45, 7) is 2.20. The van der Waals surface area contributed by atoms with Crippen LogP contribution < -0.4 is 10.6 Å². The summed E-state index contributed by atoms with van der Waals surface area (Å²) in [4.78, 5) is 12.4. The average Bonchev–Trinajstić information content (AvgIpc) is 3.23. The van der Waals surface area contributed by atoms with Crippen molar-refractivity contribution in [3.8, 4) is 5.69 Å². The fraction of sp³-hybridized carbons (Fsp3) is 0.125. The number of carbonyl (C=O) groups excluding carboxylic acids is 1. The van der Waals surface area contributed by atoms with Crippen LogP contribution in [-0.2, 0) is 12.3 Å². The Labute approximate surface area is 216 Å². The smallest absolute Gasteiger partial charge is 0.319 e. The molecular weight excluding hydrogens is 513 g/mol. The molecule has 0 atom stereocenters. The Morgan fingerprint density at radius 1 is 0.971 bits per heavy atom. The lowest BCUT2D eigenvalue weighted by Gasteiger charge is -2.13. The zero-order valence-corrected chi connectivity index (χ0v) is 21.1. The minimum Gasteiger partial charge on any atom is -0.331 e. The average molecular weight is 533 g/mol. The highest BCUT2D eigenvalue weighted by Gasteiger charge is 2.18. The SMILES string of the molecule is Cc1ccccc1CSc1nnc(CNC(=O)Nc2ccc(Cl)cc2)n1-c1cc(Cl)ccc1Cl. The molecule has 0 aliphatic carbocycles. The summed E-state index contributed by atoms with van der Waals surface area (Å²) in [6, 6.07) is 19.8. The molecule has 0 saturated carbocycles. The van der Waals surface area contributed by atoms with Gasteiger partial charge in [-0.15, -0.1) is 10.2 Å². The summed E-state index contributed by atoms with van der Waals surface area (Å²) in [5.74, 6) is 1.22. The number of aryl methyl sites for hydroxylation is 1. The fourth-order valence-corrected chi connectivity index (χ4v) is 4.72. The highest BCUT2D eigenvalue weighted by Crippen LogP contribution is 2.31. The number of aromatic nitrogens is 3. The van der Waals surface area contributed by atoms with Crippen LogP contribution in [0.1, 0.15) is 17.0 Å². The van der Waals surface area contributed by atoms with Crippen molar-refractivity contribution in [2.24, 2.45) is 0 Å². The van der Waals surface area contributed by atoms with Gasteiger partial charge < -0.3 is 10.6 Å². The van der Waals surface area contributed by atoms with Gasteiger partial charge in [0.05, 0.1) is 17.3 Å². The van der Waals surface area contributed by atoms with Gasteiger partial charge in [0.25, 0.3) is 0 Å². The molecule has 0 saturated heterocycles. The van der Waals surface area contributed by atoms with Gasteiger partial charge >= 0.3 is 6.03 Å². The molecule has 0 bridgehead atoms. The summed E-state index contributed by atoms with van der Waals surface area (Å²) >= 11 is 20.2. The standard InChI is InChI=1S/C24H20Cl3N5OS/c1-15-4-2-3-5-16(15)14-34-24-31-30-22(32(24)21-12-18(26)8-11-20(21)27)13-28-23(33)29-19-9-6-17(25)7-10-19/h2-12H,13-14H2,1H3,(H2,28,29,33). The summed E-state index contributed by atoms with van der Waals surface area (Å²) < 4.78 is 1.82. The van der Waals surface area contributed by atoms with Crippen LogP contribution in [0.15, 0.2) is 71.9 Å². The highest BCUT2D eigenvalue weighted by atomic mass is 35.5. The minimum atomic E-state index is -0.386. The number of halogens is 3. The van der Waals surface area contributed by atoms with E-state index in [1.165, 1.54) is 22.9 Å². The summed E-state index contributed by atoms with van der Waals surface area (Å²) in [7, 11) is 0. The number of benzene rings is 3. The van der Waals surface area contributed by atoms with Crippen LogP contribution in [-0.4, -0.2) is 20.8 Å². The van der Waals surface area contributed by atoms with Crippen molar-refractivity contribution in [3.63, 3.8) is 0 Å². The number of thioether (sulfide) groups is 1. The van der Waals surface area contributed by atoms with Gasteiger partial charge in [0.2, 0.25) is 0 Å². The maximum absolute atomic E-state index is 12.4. The molecule has 0 spiro atoms. The van der Waals surface area contributed by atoms with E-state index in [1.807, 2.05) is 16.7 Å². The van der Waals surface area contributed by atoms with Gasteiger partial charge in [-0.3, -0.25) is 4.57 Å². The Morgan fingerprint density at radius 2 is 1.71 bits per heavy atom. The Kier molecular flexibility index (Phi) is 8.00. The highest BCUT2D eigenvalue weighted by molar-refractivity contribution is 7.98. The predicted octanol–water partition coefficient (Wildman–Crippen LogP) is 7.15. The van der Waals surface area contributed by atoms with E-state index in [0.29, 0.717) is 43.2 Å². The number of nitrogens with one attached hydrogen (secondary N) is 2. The van der Waals surface area contributed by atoms with Crippen molar-refractivity contribution in [3.05, 3.63) is 98.7 Å². The van der Waals surface area contributed by atoms with Gasteiger partial charge in [-0.25, -0.2) is 4.79 Å². The molecule has 4 aromatic rings. The van der Waals surface area contributed by atoms with Crippen LogP contribution in [0.5, 0.6) is 0 Å². The molecule has 4 rings (SSSR count). The van der Waals surface area contributed by atoms with E-state index >= 15 is 0 Å². The van der Waals surface area contributed by atoms with Crippen molar-refractivity contribution in [1.82, 2.24) is 20.1 Å². The molecular formula is C24H20Cl3N5OS. The summed E-state index contributed by atoms with van der Waals surface area (Å²) in [5.41, 5.74) is 3.65. The molecule has 6 nitrogen and oxygen atoms in total. The van der Waals surface area contributed by atoms with Crippen LogP contribution >= 0.6 is 46.6 Å². The lowest BCUT2D eigenvalue weighted by molar-refractivity contribution is 0.251. The molecule has 0 fully saturated rings. The Hall–Kier alpha value is -2.71. The lowest BCUT2D eigenvalue weighted by Crippen LogP contribution is -2.29. The second-order valence-electron chi connectivity index (χ2n) is 7.36. The van der Waals surface area contributed by atoms with Crippen LogP contribution in [0.3, 0.4) is 0 Å². The molecule has 174 valence electrons. The largest absolute Gasteiger partial charge is 0.331 e. The van der Waals surface area contributed by atoms with Crippen LogP contribution in [0.4, 0.5) is 10.5 Å². The number of urea groups is 1. The monoisotopic (exact) mass is 531 g/mol. The number of hydrogen-bond acceptors (Lipinski definition) is 4. The molecule has 1 heterocycles. The predicted molar refractivity (Wildman–Crippen MR) is 139 cm³/mol. The normalized spacial score (nSPS) is 10.8. The minimum absolute atomic E-state index is 0.125. The molecule has 0 unspecified atom stereocenters. The quantitative estimate of drug-likeness (QED) is 0.248. The van der Waals surface area contributed by atoms with Crippen molar-refractivity contribution >= 4 is 58.3 Å². The van der Waals surface area contributed by atoms with Crippen molar-refractivity contribution in [2.75, 3.05) is 5.32 Å². The zero-order valence-electron chi connectivity index (χ0n) is 18.1. The molecule has 0 aliphatic heterocycles. The fourth-order valence-electron chi connectivity index (χ4n) is 3.19. The molecule has 3 aromatic carbocycles. The number of hydrogen-bond donors (Lipinski definition) is 2. The third-order valence-corrected chi connectivity index (χ3v) is 6.76. The first-order chi connectivity index (χ1) is 16.4. The topological polar surface area (TPSA) is 71.8 Å². The van der Waals surface area contributed by atoms with Crippen LogP contribution in [0.2, 0.25) is 15.1 Å². The molecule has 34 heavy (non-hydrogen) atoms. The number of rotatable bonds is 7. The Bertz CT molecular complexity index is 1310. The van der Waals surface area contributed by atoms with E-state index in [2.05, 4.69) is 39.9 Å². The van der Waals surface area contributed by atoms with Gasteiger partial charge in [-0.1, -0.05) is 70.8 Å². The van der Waals surface area contributed by atoms with E-state index in [0.717, 1.165) is 0 Å². The molecule has 10 heteroatoms. The van der Waals surface area contributed by atoms with Crippen LogP contribution in [0.25, 0.3) is 5.69 Å². The van der Waals surface area contributed by atoms with Gasteiger partial charge in [0, 0.05) is 21.5 Å². The Morgan fingerprint density at radius 3 is 2.47 bits per heavy atom.